The summed E-state index contributed by atoms with van der Waals surface area (Å²) in [7, 11) is -1.62. The van der Waals surface area contributed by atoms with Crippen LogP contribution in [0.2, 0.25) is 0 Å². The zero-order chi connectivity index (χ0) is 7.19. The summed E-state index contributed by atoms with van der Waals surface area (Å²) in [5.41, 5.74) is 1.34. The van der Waals surface area contributed by atoms with Crippen molar-refractivity contribution >= 4 is 7.14 Å². The molecule has 0 amide bonds. The molecule has 10 heavy (non-hydrogen) atoms. The molecule has 2 rings (SSSR count). The van der Waals surface area contributed by atoms with Crippen molar-refractivity contribution in [2.75, 3.05) is 6.16 Å². The minimum Gasteiger partial charge on any atom is -0.323 e. The lowest BCUT2D eigenvalue weighted by molar-refractivity contribution is 0.573. The van der Waals surface area contributed by atoms with Gasteiger partial charge in [0.1, 0.15) is 0 Å². The molecule has 0 atom stereocenters. The first kappa shape index (κ1) is 6.91. The van der Waals surface area contributed by atoms with E-state index in [0.29, 0.717) is 11.3 Å². The maximum Gasteiger partial charge on any atom is 0.0933 e. The smallest absolute Gasteiger partial charge is 0.0933 e. The van der Waals surface area contributed by atoms with Gasteiger partial charge in [0, 0.05) is 11.3 Å². The van der Waals surface area contributed by atoms with E-state index in [1.165, 1.54) is 25.7 Å². The summed E-state index contributed by atoms with van der Waals surface area (Å²) in [4.78, 5) is 0. The van der Waals surface area contributed by atoms with Crippen LogP contribution in [0.5, 0.6) is 0 Å². The van der Waals surface area contributed by atoms with E-state index in [0.717, 1.165) is 6.16 Å². The molecule has 2 aliphatic rings. The van der Waals surface area contributed by atoms with Crippen LogP contribution in [0.1, 0.15) is 32.6 Å². The van der Waals surface area contributed by atoms with Gasteiger partial charge in [0.15, 0.2) is 0 Å². The summed E-state index contributed by atoms with van der Waals surface area (Å²) in [5.74, 6) is 0. The van der Waals surface area contributed by atoms with Crippen molar-refractivity contribution < 1.29 is 4.57 Å². The third-order valence-corrected chi connectivity index (χ3v) is 7.32. The lowest BCUT2D eigenvalue weighted by Crippen LogP contribution is -1.97. The van der Waals surface area contributed by atoms with Crippen LogP contribution >= 0.6 is 7.14 Å². The first-order chi connectivity index (χ1) is 4.77. The third-order valence-electron chi connectivity index (χ3n) is 2.82. The van der Waals surface area contributed by atoms with E-state index < -0.39 is 7.14 Å². The molecule has 0 unspecified atom stereocenters. The van der Waals surface area contributed by atoms with E-state index in [9.17, 15) is 4.57 Å². The van der Waals surface area contributed by atoms with Crippen LogP contribution in [0.25, 0.3) is 0 Å². The highest BCUT2D eigenvalue weighted by atomic mass is 31.2. The summed E-state index contributed by atoms with van der Waals surface area (Å²) in [6.07, 6.45) is 6.04. The average Bonchev–Trinajstić information content (AvgIpc) is 2.73. The monoisotopic (exact) mass is 158 g/mol. The predicted octanol–water partition coefficient (Wildman–Crippen LogP) is 2.69. The zero-order valence-corrected chi connectivity index (χ0v) is 7.44. The molecule has 2 fully saturated rings. The highest BCUT2D eigenvalue weighted by Crippen LogP contribution is 2.69. The van der Waals surface area contributed by atoms with Gasteiger partial charge >= 0.3 is 0 Å². The maximum atomic E-state index is 12.1. The Balaban J connectivity index is 2.11. The molecule has 0 bridgehead atoms. The predicted molar refractivity (Wildman–Crippen MR) is 44.2 cm³/mol. The van der Waals surface area contributed by atoms with E-state index in [-0.39, 0.29) is 0 Å². The van der Waals surface area contributed by atoms with Gasteiger partial charge in [-0.2, -0.15) is 0 Å². The van der Waals surface area contributed by atoms with Crippen molar-refractivity contribution in [1.29, 1.82) is 0 Å². The van der Waals surface area contributed by atoms with Crippen molar-refractivity contribution in [3.8, 4) is 0 Å². The third kappa shape index (κ3) is 0.955. The number of hydrogen-bond acceptors (Lipinski definition) is 1. The minimum absolute atomic E-state index is 0.671. The molecule has 2 saturated carbocycles. The first-order valence-corrected chi connectivity index (χ1v) is 6.39. The molecule has 0 aliphatic heterocycles. The summed E-state index contributed by atoms with van der Waals surface area (Å²) in [6.45, 7) is 2.11. The van der Waals surface area contributed by atoms with Crippen molar-refractivity contribution in [3.63, 3.8) is 0 Å². The summed E-state index contributed by atoms with van der Waals surface area (Å²) < 4.78 is 12.1. The van der Waals surface area contributed by atoms with Gasteiger partial charge < -0.3 is 4.57 Å². The highest BCUT2D eigenvalue weighted by Gasteiger charge is 2.49. The largest absolute Gasteiger partial charge is 0.323 e. The summed E-state index contributed by atoms with van der Waals surface area (Å²) >= 11 is 0. The molecule has 0 aromatic carbocycles. The topological polar surface area (TPSA) is 17.1 Å². The van der Waals surface area contributed by atoms with E-state index in [1.54, 1.807) is 0 Å². The van der Waals surface area contributed by atoms with Crippen LogP contribution < -0.4 is 0 Å². The minimum atomic E-state index is -1.62. The van der Waals surface area contributed by atoms with E-state index in [2.05, 4.69) is 6.92 Å². The van der Waals surface area contributed by atoms with Gasteiger partial charge in [-0.1, -0.05) is 6.92 Å². The van der Waals surface area contributed by atoms with E-state index in [4.69, 9.17) is 0 Å². The molecule has 1 nitrogen and oxygen atoms in total. The summed E-state index contributed by atoms with van der Waals surface area (Å²) in [6, 6.07) is 0. The Bertz CT molecular complexity index is 164. The zero-order valence-electron chi connectivity index (χ0n) is 6.55. The molecular formula is C8H15OP. The van der Waals surface area contributed by atoms with Gasteiger partial charge in [-0.3, -0.25) is 0 Å². The van der Waals surface area contributed by atoms with Gasteiger partial charge in [0.25, 0.3) is 0 Å². The van der Waals surface area contributed by atoms with Crippen molar-refractivity contribution in [3.05, 3.63) is 0 Å². The second kappa shape index (κ2) is 2.11. The number of hydrogen-bond donors (Lipinski definition) is 0. The second-order valence-electron chi connectivity index (χ2n) is 3.63. The Hall–Kier alpha value is 0.230. The molecule has 0 aromatic rings. The molecule has 0 aromatic heterocycles. The highest BCUT2D eigenvalue weighted by molar-refractivity contribution is 7.66. The Kier molecular flexibility index (Phi) is 1.46. The Morgan fingerprint density at radius 3 is 1.80 bits per heavy atom. The molecule has 0 radical (unpaired) electrons. The standard InChI is InChI=1S/C8H15OP/c1-2-10(9,7-3-4-7)8-5-6-8/h7-8H,2-6H2,1H3. The molecule has 0 spiro atoms. The van der Waals surface area contributed by atoms with Gasteiger partial charge in [-0.05, 0) is 31.8 Å². The van der Waals surface area contributed by atoms with E-state index >= 15 is 0 Å². The van der Waals surface area contributed by atoms with Crippen LogP contribution in [0, 0.1) is 0 Å². The van der Waals surface area contributed by atoms with E-state index in [1.807, 2.05) is 0 Å². The van der Waals surface area contributed by atoms with Crippen LogP contribution in [-0.4, -0.2) is 17.5 Å². The van der Waals surface area contributed by atoms with Crippen LogP contribution in [0.3, 0.4) is 0 Å². The average molecular weight is 158 g/mol. The van der Waals surface area contributed by atoms with Crippen LogP contribution in [-0.2, 0) is 4.57 Å². The Morgan fingerprint density at radius 2 is 1.60 bits per heavy atom. The Labute approximate surface area is 62.6 Å². The molecule has 2 heteroatoms. The van der Waals surface area contributed by atoms with Crippen LogP contribution in [0.15, 0.2) is 0 Å². The molecule has 0 heterocycles. The lowest BCUT2D eigenvalue weighted by atomic mass is 10.9. The Morgan fingerprint density at radius 1 is 1.20 bits per heavy atom. The van der Waals surface area contributed by atoms with Gasteiger partial charge in [-0.15, -0.1) is 0 Å². The summed E-state index contributed by atoms with van der Waals surface area (Å²) in [5, 5.41) is 0. The molecule has 0 N–H and O–H groups in total. The molecule has 2 aliphatic carbocycles. The fourth-order valence-corrected chi connectivity index (χ4v) is 5.51. The fourth-order valence-electron chi connectivity index (χ4n) is 1.84. The maximum absolute atomic E-state index is 12.1. The number of rotatable bonds is 3. The quantitative estimate of drug-likeness (QED) is 0.577. The van der Waals surface area contributed by atoms with Gasteiger partial charge in [0.2, 0.25) is 0 Å². The fraction of sp³-hybridized carbons (Fsp3) is 1.00. The SMILES string of the molecule is CCP(=O)(C1CC1)C1CC1. The second-order valence-corrected chi connectivity index (χ2v) is 7.43. The van der Waals surface area contributed by atoms with Gasteiger partial charge in [-0.25, -0.2) is 0 Å². The van der Waals surface area contributed by atoms with Crippen molar-refractivity contribution in [2.45, 2.75) is 43.9 Å². The van der Waals surface area contributed by atoms with Gasteiger partial charge in [0.05, 0.1) is 7.14 Å². The van der Waals surface area contributed by atoms with Crippen molar-refractivity contribution in [1.82, 2.24) is 0 Å². The lowest BCUT2D eigenvalue weighted by Gasteiger charge is -2.13. The molecule has 0 saturated heterocycles. The molecular weight excluding hydrogens is 143 g/mol. The first-order valence-electron chi connectivity index (χ1n) is 4.36. The normalized spacial score (nSPS) is 26.9. The molecule has 58 valence electrons. The van der Waals surface area contributed by atoms with Crippen LogP contribution in [0.4, 0.5) is 0 Å². The van der Waals surface area contributed by atoms with Crippen molar-refractivity contribution in [2.24, 2.45) is 0 Å².